The topological polar surface area (TPSA) is 87.0 Å². The van der Waals surface area contributed by atoms with Gasteiger partial charge in [-0.15, -0.1) is 0 Å². The first kappa shape index (κ1) is 23.8. The Labute approximate surface area is 177 Å². The van der Waals surface area contributed by atoms with Crippen LogP contribution >= 0.6 is 19.4 Å². The first-order valence-corrected chi connectivity index (χ1v) is 12.2. The molecule has 0 aliphatic heterocycles. The fourth-order valence-electron chi connectivity index (χ4n) is 3.39. The maximum absolute atomic E-state index is 12.1. The van der Waals surface area contributed by atoms with Crippen molar-refractivity contribution in [3.05, 3.63) is 47.0 Å². The zero-order chi connectivity index (χ0) is 22.0. The van der Waals surface area contributed by atoms with Crippen molar-refractivity contribution in [3.63, 3.8) is 0 Å². The summed E-state index contributed by atoms with van der Waals surface area (Å²) in [6, 6.07) is 9.27. The maximum atomic E-state index is 12.1. The van der Waals surface area contributed by atoms with Crippen LogP contribution in [0.15, 0.2) is 40.1 Å². The number of aryl methyl sites for hydroxylation is 2. The van der Waals surface area contributed by atoms with E-state index in [0.717, 1.165) is 26.5 Å². The van der Waals surface area contributed by atoms with Crippen LogP contribution in [0.3, 0.4) is 0 Å². The van der Waals surface area contributed by atoms with Crippen molar-refractivity contribution in [2.45, 2.75) is 75.4 Å². The van der Waals surface area contributed by atoms with Crippen LogP contribution in [0.1, 0.15) is 63.1 Å². The molecule has 2 aromatic carbocycles. The number of rotatable bonds is 8. The summed E-state index contributed by atoms with van der Waals surface area (Å²) in [4.78, 5) is 21.8. The molecule has 7 heteroatoms. The number of ether oxygens (including phenoxy) is 1. The molecule has 2 aromatic rings. The Morgan fingerprint density at radius 2 is 1.62 bits per heavy atom. The fourth-order valence-corrected chi connectivity index (χ4v) is 5.44. The lowest BCUT2D eigenvalue weighted by Crippen LogP contribution is -2.34. The third kappa shape index (κ3) is 5.18. The van der Waals surface area contributed by atoms with Crippen LogP contribution in [0.5, 0.6) is 11.5 Å². The first-order valence-electron chi connectivity index (χ1n) is 9.80. The van der Waals surface area contributed by atoms with Crippen molar-refractivity contribution >= 4 is 19.4 Å². The molecule has 0 bridgehead atoms. The molecule has 0 fully saturated rings. The Hall–Kier alpha value is -1.46. The molecule has 0 spiro atoms. The van der Waals surface area contributed by atoms with E-state index in [0.29, 0.717) is 11.5 Å². The van der Waals surface area contributed by atoms with E-state index in [4.69, 9.17) is 4.74 Å². The molecule has 0 atom stereocenters. The summed E-state index contributed by atoms with van der Waals surface area (Å²) in [5.74, 6) is 0.983. The zero-order valence-electron chi connectivity index (χ0n) is 17.9. The molecule has 29 heavy (non-hydrogen) atoms. The van der Waals surface area contributed by atoms with Crippen LogP contribution in [0.4, 0.5) is 0 Å². The molecule has 0 saturated heterocycles. The summed E-state index contributed by atoms with van der Waals surface area (Å²) < 4.78 is 17.9. The fraction of sp³-hybridized carbons (Fsp3) is 0.455. The Morgan fingerprint density at radius 1 is 1.07 bits per heavy atom. The number of benzene rings is 2. The van der Waals surface area contributed by atoms with Crippen LogP contribution in [0.2, 0.25) is 0 Å². The molecule has 3 N–H and O–H groups in total. The molecule has 0 radical (unpaired) electrons. The first-order chi connectivity index (χ1) is 13.4. The van der Waals surface area contributed by atoms with Gasteiger partial charge in [-0.2, -0.15) is 0 Å². The molecule has 0 aliphatic carbocycles. The number of phenols is 1. The smallest absolute Gasteiger partial charge is 0.368 e. The van der Waals surface area contributed by atoms with Crippen molar-refractivity contribution in [2.75, 3.05) is 0 Å². The van der Waals surface area contributed by atoms with Crippen molar-refractivity contribution in [2.24, 2.45) is 0 Å². The standard InChI is InChI=1S/C22H31O5PS/c1-7-22(8-2,28(24,25)26)27-17-11-15(5)21(16(6)12-17)29-18-9-10-20(23)19(13-18)14(3)4/h9-14,23H,7-8H2,1-6H3,(H2,24,25,26). The highest BCUT2D eigenvalue weighted by molar-refractivity contribution is 7.99. The summed E-state index contributed by atoms with van der Waals surface area (Å²) in [6.45, 7) is 11.5. The van der Waals surface area contributed by atoms with E-state index in [1.54, 1.807) is 31.7 Å². The van der Waals surface area contributed by atoms with Gasteiger partial charge in [-0.1, -0.05) is 39.5 Å². The normalized spacial score (nSPS) is 12.4. The van der Waals surface area contributed by atoms with Crippen molar-refractivity contribution in [1.82, 2.24) is 0 Å². The summed E-state index contributed by atoms with van der Waals surface area (Å²) in [5.41, 5.74) is 2.84. The lowest BCUT2D eigenvalue weighted by molar-refractivity contribution is 0.108. The van der Waals surface area contributed by atoms with Gasteiger partial charge in [-0.05, 0) is 79.6 Å². The van der Waals surface area contributed by atoms with E-state index < -0.39 is 12.9 Å². The van der Waals surface area contributed by atoms with Gasteiger partial charge in [0.1, 0.15) is 11.5 Å². The molecule has 0 amide bonds. The van der Waals surface area contributed by atoms with Gasteiger partial charge in [-0.25, -0.2) is 0 Å². The van der Waals surface area contributed by atoms with Crippen LogP contribution < -0.4 is 4.74 Å². The highest BCUT2D eigenvalue weighted by Crippen LogP contribution is 2.55. The lowest BCUT2D eigenvalue weighted by atomic mass is 10.0. The van der Waals surface area contributed by atoms with Gasteiger partial charge < -0.3 is 19.6 Å². The van der Waals surface area contributed by atoms with Gasteiger partial charge in [0.25, 0.3) is 0 Å². The van der Waals surface area contributed by atoms with Gasteiger partial charge in [0.2, 0.25) is 5.34 Å². The van der Waals surface area contributed by atoms with Gasteiger partial charge in [-0.3, -0.25) is 4.57 Å². The van der Waals surface area contributed by atoms with E-state index >= 15 is 0 Å². The Morgan fingerprint density at radius 3 is 2.07 bits per heavy atom. The Kier molecular flexibility index (Phi) is 7.50. The number of phenolic OH excluding ortho intramolecular Hbond substituents is 1. The molecule has 0 heterocycles. The van der Waals surface area contributed by atoms with Crippen LogP contribution in [0.25, 0.3) is 0 Å². The van der Waals surface area contributed by atoms with E-state index in [1.165, 1.54) is 0 Å². The Balaban J connectivity index is 2.37. The molecule has 0 saturated carbocycles. The van der Waals surface area contributed by atoms with Gasteiger partial charge >= 0.3 is 7.60 Å². The molecule has 0 aliphatic rings. The van der Waals surface area contributed by atoms with Gasteiger partial charge in [0.15, 0.2) is 0 Å². The highest BCUT2D eigenvalue weighted by atomic mass is 32.2. The van der Waals surface area contributed by atoms with Gasteiger partial charge in [0, 0.05) is 9.79 Å². The number of hydrogen-bond acceptors (Lipinski definition) is 4. The van der Waals surface area contributed by atoms with E-state index in [1.807, 2.05) is 52.0 Å². The molecule has 160 valence electrons. The monoisotopic (exact) mass is 438 g/mol. The van der Waals surface area contributed by atoms with E-state index in [9.17, 15) is 19.5 Å². The maximum Gasteiger partial charge on any atom is 0.368 e. The second kappa shape index (κ2) is 9.13. The van der Waals surface area contributed by atoms with E-state index in [2.05, 4.69) is 0 Å². The minimum absolute atomic E-state index is 0.216. The molecule has 0 unspecified atom stereocenters. The largest absolute Gasteiger partial charge is 0.508 e. The molecule has 5 nitrogen and oxygen atoms in total. The summed E-state index contributed by atoms with van der Waals surface area (Å²) in [6.07, 6.45) is 0.432. The molecule has 2 rings (SSSR count). The van der Waals surface area contributed by atoms with Gasteiger partial charge in [0.05, 0.1) is 0 Å². The van der Waals surface area contributed by atoms with Crippen molar-refractivity contribution in [3.8, 4) is 11.5 Å². The third-order valence-electron chi connectivity index (χ3n) is 5.22. The Bertz CT molecular complexity index is 892. The SMILES string of the molecule is CCC(CC)(Oc1cc(C)c(Sc2ccc(O)c(C(C)C)c2)c(C)c1)P(=O)(O)O. The van der Waals surface area contributed by atoms with Crippen LogP contribution in [0, 0.1) is 13.8 Å². The number of aromatic hydroxyl groups is 1. The van der Waals surface area contributed by atoms with E-state index in [-0.39, 0.29) is 18.8 Å². The molecular weight excluding hydrogens is 407 g/mol. The number of hydrogen-bond donors (Lipinski definition) is 3. The predicted octanol–water partition coefficient (Wildman–Crippen LogP) is 6.36. The van der Waals surface area contributed by atoms with Crippen LogP contribution in [-0.4, -0.2) is 20.2 Å². The van der Waals surface area contributed by atoms with Crippen molar-refractivity contribution in [1.29, 1.82) is 0 Å². The average Bonchev–Trinajstić information content (AvgIpc) is 2.62. The molecule has 0 aromatic heterocycles. The minimum Gasteiger partial charge on any atom is -0.508 e. The predicted molar refractivity (Wildman–Crippen MR) is 118 cm³/mol. The lowest BCUT2D eigenvalue weighted by Gasteiger charge is -2.33. The minimum atomic E-state index is -4.44. The third-order valence-corrected chi connectivity index (χ3v) is 8.34. The second-order valence-electron chi connectivity index (χ2n) is 7.66. The quantitative estimate of drug-likeness (QED) is 0.416. The second-order valence-corrected chi connectivity index (χ2v) is 10.6. The van der Waals surface area contributed by atoms with Crippen LogP contribution in [-0.2, 0) is 4.57 Å². The summed E-state index contributed by atoms with van der Waals surface area (Å²) >= 11 is 1.60. The summed E-state index contributed by atoms with van der Waals surface area (Å²) in [5, 5.41) is 8.54. The molecular formula is C22H31O5PS. The highest BCUT2D eigenvalue weighted by Gasteiger charge is 2.46. The summed E-state index contributed by atoms with van der Waals surface area (Å²) in [7, 11) is -4.44. The average molecular weight is 439 g/mol. The van der Waals surface area contributed by atoms with Crippen molar-refractivity contribution < 1.29 is 24.2 Å². The zero-order valence-corrected chi connectivity index (χ0v) is 19.6.